The number of amides is 2. The van der Waals surface area contributed by atoms with Gasteiger partial charge in [-0.25, -0.2) is 5.43 Å². The Balaban J connectivity index is 1.47. The Bertz CT molecular complexity index is 917. The van der Waals surface area contributed by atoms with Crippen molar-refractivity contribution in [1.29, 1.82) is 0 Å². The molecule has 0 spiro atoms. The molecule has 4 rings (SSSR count). The van der Waals surface area contributed by atoms with Gasteiger partial charge in [0.25, 0.3) is 5.91 Å². The van der Waals surface area contributed by atoms with Gasteiger partial charge >= 0.3 is 0 Å². The summed E-state index contributed by atoms with van der Waals surface area (Å²) in [6, 6.07) is 13.1. The summed E-state index contributed by atoms with van der Waals surface area (Å²) < 4.78 is 11.4. The first-order chi connectivity index (χ1) is 13.1. The first kappa shape index (κ1) is 17.5. The highest BCUT2D eigenvalue weighted by Crippen LogP contribution is 2.36. The van der Waals surface area contributed by atoms with Crippen LogP contribution in [0.2, 0.25) is 0 Å². The van der Waals surface area contributed by atoms with Gasteiger partial charge in [-0.05, 0) is 33.6 Å². The monoisotopic (exact) mass is 429 g/mol. The number of ether oxygens (including phenoxy) is 2. The van der Waals surface area contributed by atoms with E-state index in [1.165, 1.54) is 6.21 Å². The predicted molar refractivity (Wildman–Crippen MR) is 102 cm³/mol. The van der Waals surface area contributed by atoms with Gasteiger partial charge in [0.1, 0.15) is 5.92 Å². The van der Waals surface area contributed by atoms with Gasteiger partial charge in [0.15, 0.2) is 11.5 Å². The predicted octanol–water partition coefficient (Wildman–Crippen LogP) is 2.16. The maximum absolute atomic E-state index is 12.6. The Morgan fingerprint density at radius 3 is 2.74 bits per heavy atom. The maximum atomic E-state index is 12.6. The summed E-state index contributed by atoms with van der Waals surface area (Å²) in [5.74, 6) is -0.495. The molecule has 2 amide bonds. The van der Waals surface area contributed by atoms with Crippen LogP contribution in [0.3, 0.4) is 0 Å². The van der Waals surface area contributed by atoms with E-state index in [0.29, 0.717) is 18.0 Å². The molecule has 1 fully saturated rings. The number of nitrogens with zero attached hydrogens (tertiary/aromatic N) is 1. The van der Waals surface area contributed by atoms with E-state index in [9.17, 15) is 9.59 Å². The molecule has 2 N–H and O–H groups in total. The Kier molecular flexibility index (Phi) is 4.81. The standard InChI is InChI=1S/C19H16BrN3O4/c20-14-7-16-15(26-10-27-16)6-12(14)8-22-23-19(25)17-13(9-21-18(17)24)11-4-2-1-3-5-11/h1-8,13,17H,9-10H2,(H,21,24)(H,23,25)/b22-8+/t13-,17-/m1/s1. The first-order valence-electron chi connectivity index (χ1n) is 8.38. The van der Waals surface area contributed by atoms with Crippen LogP contribution in [-0.4, -0.2) is 31.4 Å². The van der Waals surface area contributed by atoms with E-state index in [2.05, 4.69) is 31.8 Å². The molecule has 7 nitrogen and oxygen atoms in total. The van der Waals surface area contributed by atoms with Crippen molar-refractivity contribution in [3.63, 3.8) is 0 Å². The molecule has 2 aliphatic heterocycles. The zero-order valence-corrected chi connectivity index (χ0v) is 15.7. The lowest BCUT2D eigenvalue weighted by atomic mass is 9.88. The van der Waals surface area contributed by atoms with Crippen molar-refractivity contribution in [2.24, 2.45) is 11.0 Å². The molecular weight excluding hydrogens is 414 g/mol. The van der Waals surface area contributed by atoms with Crippen LogP contribution in [0.1, 0.15) is 17.0 Å². The minimum Gasteiger partial charge on any atom is -0.454 e. The van der Waals surface area contributed by atoms with Crippen molar-refractivity contribution in [2.45, 2.75) is 5.92 Å². The zero-order valence-electron chi connectivity index (χ0n) is 14.1. The fraction of sp³-hybridized carbons (Fsp3) is 0.211. The van der Waals surface area contributed by atoms with Gasteiger partial charge < -0.3 is 14.8 Å². The van der Waals surface area contributed by atoms with Crippen molar-refractivity contribution >= 4 is 34.0 Å². The molecular formula is C19H16BrN3O4. The lowest BCUT2D eigenvalue weighted by Crippen LogP contribution is -2.34. The highest BCUT2D eigenvalue weighted by Gasteiger charge is 2.40. The summed E-state index contributed by atoms with van der Waals surface area (Å²) in [4.78, 5) is 24.7. The zero-order chi connectivity index (χ0) is 18.8. The maximum Gasteiger partial charge on any atom is 0.253 e. The normalized spacial score (nSPS) is 20.7. The van der Waals surface area contributed by atoms with Gasteiger partial charge in [0.2, 0.25) is 12.7 Å². The van der Waals surface area contributed by atoms with Crippen LogP contribution in [0.5, 0.6) is 11.5 Å². The average Bonchev–Trinajstić information content (AvgIpc) is 3.28. The van der Waals surface area contributed by atoms with Gasteiger partial charge in [-0.1, -0.05) is 30.3 Å². The second kappa shape index (κ2) is 7.40. The number of fused-ring (bicyclic) bond motifs is 1. The molecule has 0 unspecified atom stereocenters. The van der Waals surface area contributed by atoms with Gasteiger partial charge in [-0.3, -0.25) is 9.59 Å². The number of carbonyl (C=O) groups excluding carboxylic acids is 2. The van der Waals surface area contributed by atoms with Crippen LogP contribution >= 0.6 is 15.9 Å². The number of halogens is 1. The Morgan fingerprint density at radius 2 is 1.96 bits per heavy atom. The third kappa shape index (κ3) is 3.52. The van der Waals surface area contributed by atoms with E-state index in [-0.39, 0.29) is 18.6 Å². The van der Waals surface area contributed by atoms with E-state index < -0.39 is 11.8 Å². The summed E-state index contributed by atoms with van der Waals surface area (Å²) in [5, 5.41) is 6.76. The lowest BCUT2D eigenvalue weighted by molar-refractivity contribution is -0.133. The number of rotatable bonds is 4. The first-order valence-corrected chi connectivity index (χ1v) is 9.17. The molecule has 2 aromatic carbocycles. The summed E-state index contributed by atoms with van der Waals surface area (Å²) in [5.41, 5.74) is 4.14. The molecule has 138 valence electrons. The van der Waals surface area contributed by atoms with Crippen molar-refractivity contribution in [3.8, 4) is 11.5 Å². The lowest BCUT2D eigenvalue weighted by Gasteiger charge is -2.15. The Morgan fingerprint density at radius 1 is 1.22 bits per heavy atom. The molecule has 27 heavy (non-hydrogen) atoms. The summed E-state index contributed by atoms with van der Waals surface area (Å²) >= 11 is 3.43. The van der Waals surface area contributed by atoms with Crippen LogP contribution in [0.4, 0.5) is 0 Å². The van der Waals surface area contributed by atoms with Crippen molar-refractivity contribution < 1.29 is 19.1 Å². The minimum absolute atomic E-state index is 0.177. The van der Waals surface area contributed by atoms with Crippen LogP contribution in [-0.2, 0) is 9.59 Å². The Hall–Kier alpha value is -2.87. The SMILES string of the molecule is O=C1NC[C@H](c2ccccc2)[C@H]1C(=O)N/N=C/c1cc2c(cc1Br)OCO2. The van der Waals surface area contributed by atoms with Crippen LogP contribution < -0.4 is 20.2 Å². The number of benzene rings is 2. The van der Waals surface area contributed by atoms with E-state index >= 15 is 0 Å². The van der Waals surface area contributed by atoms with Gasteiger partial charge in [0.05, 0.1) is 6.21 Å². The number of hydrogen-bond acceptors (Lipinski definition) is 5. The highest BCUT2D eigenvalue weighted by atomic mass is 79.9. The smallest absolute Gasteiger partial charge is 0.253 e. The van der Waals surface area contributed by atoms with Crippen molar-refractivity contribution in [1.82, 2.24) is 10.7 Å². The minimum atomic E-state index is -0.815. The summed E-state index contributed by atoms with van der Waals surface area (Å²) in [7, 11) is 0. The molecule has 0 radical (unpaired) electrons. The molecule has 1 saturated heterocycles. The van der Waals surface area contributed by atoms with E-state index in [0.717, 1.165) is 15.6 Å². The number of hydrazone groups is 1. The van der Waals surface area contributed by atoms with Crippen molar-refractivity contribution in [2.75, 3.05) is 13.3 Å². The van der Waals surface area contributed by atoms with Crippen molar-refractivity contribution in [3.05, 3.63) is 58.1 Å². The molecule has 0 bridgehead atoms. The third-order valence-corrected chi connectivity index (χ3v) is 5.25. The van der Waals surface area contributed by atoms with E-state index in [1.807, 2.05) is 30.3 Å². The van der Waals surface area contributed by atoms with Gasteiger partial charge in [-0.2, -0.15) is 5.10 Å². The molecule has 2 aromatic rings. The second-order valence-electron chi connectivity index (χ2n) is 6.20. The molecule has 0 saturated carbocycles. The largest absolute Gasteiger partial charge is 0.454 e. The molecule has 0 aromatic heterocycles. The van der Waals surface area contributed by atoms with Crippen LogP contribution in [0.15, 0.2) is 52.0 Å². The van der Waals surface area contributed by atoms with E-state index in [1.54, 1.807) is 12.1 Å². The highest BCUT2D eigenvalue weighted by molar-refractivity contribution is 9.10. The Labute approximate surface area is 163 Å². The molecule has 8 heteroatoms. The third-order valence-electron chi connectivity index (χ3n) is 4.56. The number of hydrogen-bond donors (Lipinski definition) is 2. The molecule has 2 heterocycles. The summed E-state index contributed by atoms with van der Waals surface area (Å²) in [6.07, 6.45) is 1.49. The van der Waals surface area contributed by atoms with Crippen LogP contribution in [0, 0.1) is 5.92 Å². The summed E-state index contributed by atoms with van der Waals surface area (Å²) in [6.45, 7) is 0.606. The molecule has 2 atom stereocenters. The van der Waals surface area contributed by atoms with Gasteiger partial charge in [0, 0.05) is 22.5 Å². The molecule has 2 aliphatic rings. The van der Waals surface area contributed by atoms with E-state index in [4.69, 9.17) is 9.47 Å². The number of nitrogens with one attached hydrogen (secondary N) is 2. The fourth-order valence-electron chi connectivity index (χ4n) is 3.20. The van der Waals surface area contributed by atoms with Crippen LogP contribution in [0.25, 0.3) is 0 Å². The topological polar surface area (TPSA) is 89.0 Å². The quantitative estimate of drug-likeness (QED) is 0.442. The second-order valence-corrected chi connectivity index (χ2v) is 7.06. The average molecular weight is 430 g/mol. The number of carbonyl (C=O) groups is 2. The van der Waals surface area contributed by atoms with Gasteiger partial charge in [-0.15, -0.1) is 0 Å². The fourth-order valence-corrected chi connectivity index (χ4v) is 3.62. The molecule has 0 aliphatic carbocycles.